The SMILES string of the molecule is COc1c(C(=O)Nc2sc3c(c2C#N)CCCC3)cc2ccccc2c1Br. The molecule has 1 aliphatic carbocycles. The number of methoxy groups -OCH3 is 1. The number of carbonyl (C=O) groups is 1. The lowest BCUT2D eigenvalue weighted by atomic mass is 9.96. The van der Waals surface area contributed by atoms with Crippen LogP contribution in [0, 0.1) is 11.3 Å². The van der Waals surface area contributed by atoms with Crippen LogP contribution in [0.25, 0.3) is 10.8 Å². The van der Waals surface area contributed by atoms with E-state index < -0.39 is 0 Å². The van der Waals surface area contributed by atoms with E-state index >= 15 is 0 Å². The Kier molecular flexibility index (Phi) is 4.90. The van der Waals surface area contributed by atoms with Gasteiger partial charge in [0.2, 0.25) is 0 Å². The molecule has 0 unspecified atom stereocenters. The van der Waals surface area contributed by atoms with Gasteiger partial charge in [0, 0.05) is 4.88 Å². The Morgan fingerprint density at radius 2 is 2.07 bits per heavy atom. The summed E-state index contributed by atoms with van der Waals surface area (Å²) in [6, 6.07) is 11.9. The van der Waals surface area contributed by atoms with Gasteiger partial charge in [-0.3, -0.25) is 4.79 Å². The first kappa shape index (κ1) is 18.0. The van der Waals surface area contributed by atoms with Gasteiger partial charge in [-0.15, -0.1) is 11.3 Å². The Balaban J connectivity index is 1.76. The Morgan fingerprint density at radius 1 is 1.30 bits per heavy atom. The second kappa shape index (κ2) is 7.34. The molecule has 0 radical (unpaired) electrons. The number of fused-ring (bicyclic) bond motifs is 2. The third-order valence-electron chi connectivity index (χ3n) is 4.90. The lowest BCUT2D eigenvalue weighted by Crippen LogP contribution is -2.13. The van der Waals surface area contributed by atoms with Crippen molar-refractivity contribution < 1.29 is 9.53 Å². The van der Waals surface area contributed by atoms with Gasteiger partial charge in [0.25, 0.3) is 5.91 Å². The van der Waals surface area contributed by atoms with Crippen LogP contribution >= 0.6 is 27.3 Å². The number of nitrogens with one attached hydrogen (secondary N) is 1. The first-order valence-electron chi connectivity index (χ1n) is 8.75. The number of nitrogens with zero attached hydrogens (tertiary/aromatic N) is 1. The highest BCUT2D eigenvalue weighted by molar-refractivity contribution is 9.10. The summed E-state index contributed by atoms with van der Waals surface area (Å²) in [5.74, 6) is 0.222. The molecule has 2 aromatic carbocycles. The second-order valence-corrected chi connectivity index (χ2v) is 8.37. The first-order chi connectivity index (χ1) is 13.1. The highest BCUT2D eigenvalue weighted by Crippen LogP contribution is 2.40. The van der Waals surface area contributed by atoms with Gasteiger partial charge in [-0.1, -0.05) is 24.3 Å². The molecule has 0 saturated carbocycles. The van der Waals surface area contributed by atoms with E-state index in [-0.39, 0.29) is 5.91 Å². The molecule has 1 amide bonds. The largest absolute Gasteiger partial charge is 0.495 e. The molecule has 1 aromatic heterocycles. The van der Waals surface area contributed by atoms with Crippen LogP contribution in [-0.2, 0) is 12.8 Å². The van der Waals surface area contributed by atoms with Gasteiger partial charge in [-0.2, -0.15) is 5.26 Å². The topological polar surface area (TPSA) is 62.1 Å². The molecule has 3 aromatic rings. The van der Waals surface area contributed by atoms with Crippen molar-refractivity contribution >= 4 is 48.9 Å². The van der Waals surface area contributed by atoms with Crippen molar-refractivity contribution in [1.29, 1.82) is 5.26 Å². The van der Waals surface area contributed by atoms with Gasteiger partial charge < -0.3 is 10.1 Å². The number of thiophene rings is 1. The van der Waals surface area contributed by atoms with Crippen molar-refractivity contribution in [3.05, 3.63) is 56.4 Å². The van der Waals surface area contributed by atoms with Crippen LogP contribution < -0.4 is 10.1 Å². The van der Waals surface area contributed by atoms with Gasteiger partial charge in [0.1, 0.15) is 16.8 Å². The van der Waals surface area contributed by atoms with Crippen LogP contribution in [0.5, 0.6) is 5.75 Å². The lowest BCUT2D eigenvalue weighted by molar-refractivity contribution is 0.102. The van der Waals surface area contributed by atoms with Crippen LogP contribution in [0.1, 0.15) is 39.2 Å². The average molecular weight is 441 g/mol. The van der Waals surface area contributed by atoms with Crippen LogP contribution in [-0.4, -0.2) is 13.0 Å². The summed E-state index contributed by atoms with van der Waals surface area (Å²) in [6.45, 7) is 0. The summed E-state index contributed by atoms with van der Waals surface area (Å²) >= 11 is 5.09. The maximum absolute atomic E-state index is 13.1. The Bertz CT molecular complexity index is 1100. The highest BCUT2D eigenvalue weighted by Gasteiger charge is 2.24. The predicted octanol–water partition coefficient (Wildman–Crippen LogP) is 5.68. The number of aryl methyl sites for hydroxylation is 1. The van der Waals surface area contributed by atoms with E-state index in [2.05, 4.69) is 27.3 Å². The highest BCUT2D eigenvalue weighted by atomic mass is 79.9. The summed E-state index contributed by atoms with van der Waals surface area (Å²) in [6.07, 6.45) is 4.12. The molecular weight excluding hydrogens is 424 g/mol. The second-order valence-electron chi connectivity index (χ2n) is 6.47. The summed E-state index contributed by atoms with van der Waals surface area (Å²) in [5.41, 5.74) is 2.16. The number of anilines is 1. The molecular formula is C21H17BrN2O2S. The molecule has 0 fully saturated rings. The Hall–Kier alpha value is -2.36. The van der Waals surface area contributed by atoms with E-state index in [1.807, 2.05) is 30.3 Å². The number of nitriles is 1. The van der Waals surface area contributed by atoms with Crippen molar-refractivity contribution in [3.63, 3.8) is 0 Å². The Morgan fingerprint density at radius 3 is 2.85 bits per heavy atom. The summed E-state index contributed by atoms with van der Waals surface area (Å²) in [7, 11) is 1.55. The zero-order chi connectivity index (χ0) is 19.0. The van der Waals surface area contributed by atoms with Gasteiger partial charge in [-0.05, 0) is 64.0 Å². The normalized spacial score (nSPS) is 13.1. The lowest BCUT2D eigenvalue weighted by Gasteiger charge is -2.13. The fourth-order valence-corrected chi connectivity index (χ4v) is 5.57. The number of hydrogen-bond donors (Lipinski definition) is 1. The van der Waals surface area contributed by atoms with Crippen molar-refractivity contribution in [1.82, 2.24) is 0 Å². The third kappa shape index (κ3) is 3.11. The van der Waals surface area contributed by atoms with Crippen LogP contribution in [0.3, 0.4) is 0 Å². The number of carbonyl (C=O) groups excluding carboxylic acids is 1. The number of rotatable bonds is 3. The van der Waals surface area contributed by atoms with E-state index in [9.17, 15) is 10.1 Å². The molecule has 1 N–H and O–H groups in total. The molecule has 1 heterocycles. The minimum absolute atomic E-state index is 0.270. The van der Waals surface area contributed by atoms with Crippen LogP contribution in [0.4, 0.5) is 5.00 Å². The molecule has 4 nitrogen and oxygen atoms in total. The van der Waals surface area contributed by atoms with Crippen molar-refractivity contribution in [2.24, 2.45) is 0 Å². The standard InChI is InChI=1S/C21H17BrN2O2S/c1-26-19-15(10-12-6-2-3-7-13(12)18(19)22)20(25)24-21-16(11-23)14-8-4-5-9-17(14)27-21/h2-3,6-7,10H,4-5,8-9H2,1H3,(H,24,25). The maximum atomic E-state index is 13.1. The molecule has 4 rings (SSSR count). The smallest absolute Gasteiger partial charge is 0.260 e. The predicted molar refractivity (Wildman–Crippen MR) is 112 cm³/mol. The summed E-state index contributed by atoms with van der Waals surface area (Å²) in [4.78, 5) is 14.3. The molecule has 0 aliphatic heterocycles. The summed E-state index contributed by atoms with van der Waals surface area (Å²) < 4.78 is 6.26. The quantitative estimate of drug-likeness (QED) is 0.569. The third-order valence-corrected chi connectivity index (χ3v) is 6.89. The molecule has 6 heteroatoms. The maximum Gasteiger partial charge on any atom is 0.260 e. The van der Waals surface area contributed by atoms with Crippen molar-refractivity contribution in [3.8, 4) is 11.8 Å². The molecule has 27 heavy (non-hydrogen) atoms. The van der Waals surface area contributed by atoms with Crippen LogP contribution in [0.15, 0.2) is 34.8 Å². The van der Waals surface area contributed by atoms with Gasteiger partial charge in [-0.25, -0.2) is 0 Å². The number of hydrogen-bond acceptors (Lipinski definition) is 4. The van der Waals surface area contributed by atoms with E-state index in [1.165, 1.54) is 16.2 Å². The van der Waals surface area contributed by atoms with Gasteiger partial charge >= 0.3 is 0 Å². The molecule has 0 spiro atoms. The minimum Gasteiger partial charge on any atom is -0.495 e. The van der Waals surface area contributed by atoms with E-state index in [0.29, 0.717) is 21.9 Å². The van der Waals surface area contributed by atoms with Gasteiger partial charge in [0.15, 0.2) is 0 Å². The average Bonchev–Trinajstić information content (AvgIpc) is 3.04. The van der Waals surface area contributed by atoms with Crippen molar-refractivity contribution in [2.45, 2.75) is 25.7 Å². The van der Waals surface area contributed by atoms with E-state index in [0.717, 1.165) is 46.5 Å². The summed E-state index contributed by atoms with van der Waals surface area (Å²) in [5, 5.41) is 15.1. The van der Waals surface area contributed by atoms with E-state index in [4.69, 9.17) is 4.74 Å². The molecule has 0 saturated heterocycles. The number of halogens is 1. The van der Waals surface area contributed by atoms with Crippen molar-refractivity contribution in [2.75, 3.05) is 12.4 Å². The van der Waals surface area contributed by atoms with Gasteiger partial charge in [0.05, 0.1) is 22.7 Å². The zero-order valence-electron chi connectivity index (χ0n) is 14.8. The molecule has 1 aliphatic rings. The number of ether oxygens (including phenoxy) is 1. The fraction of sp³-hybridized carbons (Fsp3) is 0.238. The molecule has 0 bridgehead atoms. The van der Waals surface area contributed by atoms with E-state index in [1.54, 1.807) is 7.11 Å². The first-order valence-corrected chi connectivity index (χ1v) is 10.4. The Labute approximate surface area is 169 Å². The van der Waals surface area contributed by atoms with Crippen LogP contribution in [0.2, 0.25) is 0 Å². The minimum atomic E-state index is -0.270. The zero-order valence-corrected chi connectivity index (χ0v) is 17.2. The molecule has 0 atom stereocenters. The number of benzene rings is 2. The monoisotopic (exact) mass is 440 g/mol. The molecule has 136 valence electrons. The fourth-order valence-electron chi connectivity index (χ4n) is 3.60. The number of amides is 1.